The van der Waals surface area contributed by atoms with Crippen LogP contribution < -0.4 is 5.32 Å². The molecular weight excluding hydrogens is 494 g/mol. The Labute approximate surface area is 208 Å². The summed E-state index contributed by atoms with van der Waals surface area (Å²) in [7, 11) is -3.94. The first-order valence-corrected chi connectivity index (χ1v) is 14.2. The normalized spacial score (nSPS) is 13.9. The van der Waals surface area contributed by atoms with Crippen LogP contribution in [0, 0.1) is 5.92 Å². The zero-order valence-corrected chi connectivity index (χ0v) is 21.7. The van der Waals surface area contributed by atoms with E-state index >= 15 is 0 Å². The Morgan fingerprint density at radius 3 is 2.50 bits per heavy atom. The van der Waals surface area contributed by atoms with Crippen LogP contribution in [0.5, 0.6) is 0 Å². The van der Waals surface area contributed by atoms with Gasteiger partial charge in [-0.15, -0.1) is 11.3 Å². The molecule has 8 nitrogen and oxygen atoms in total. The van der Waals surface area contributed by atoms with Gasteiger partial charge in [0.1, 0.15) is 0 Å². The number of rotatable bonds is 11. The summed E-state index contributed by atoms with van der Waals surface area (Å²) in [6.07, 6.45) is -0.384. The molecule has 1 aromatic heterocycles. The predicted octanol–water partition coefficient (Wildman–Crippen LogP) is 3.90. The summed E-state index contributed by atoms with van der Waals surface area (Å²) in [4.78, 5) is 16.0. The maximum atomic E-state index is 13.6. The fourth-order valence-corrected chi connectivity index (χ4v) is 6.86. The summed E-state index contributed by atoms with van der Waals surface area (Å²) in [6, 6.07) is 13.1. The fraction of sp³-hybridized carbons (Fsp3) is 0.391. The molecule has 0 radical (unpaired) electrons. The molecular formula is C23H29N3O5S3. The van der Waals surface area contributed by atoms with E-state index in [1.54, 1.807) is 12.1 Å². The van der Waals surface area contributed by atoms with Crippen LogP contribution in [0.1, 0.15) is 19.4 Å². The number of carboxylic acid groups (broad SMARTS) is 1. The fourth-order valence-electron chi connectivity index (χ4n) is 3.60. The highest BCUT2D eigenvalue weighted by molar-refractivity contribution is 8.00. The number of aromatic nitrogens is 1. The van der Waals surface area contributed by atoms with Crippen molar-refractivity contribution in [1.29, 1.82) is 0 Å². The van der Waals surface area contributed by atoms with Crippen LogP contribution in [0.4, 0.5) is 4.79 Å². The number of aliphatic hydroxyl groups excluding tert-OH is 1. The number of hydrogen-bond donors (Lipinski definition) is 3. The van der Waals surface area contributed by atoms with Crippen molar-refractivity contribution in [3.63, 3.8) is 0 Å². The molecule has 0 aliphatic carbocycles. The minimum Gasteiger partial charge on any atom is -0.465 e. The van der Waals surface area contributed by atoms with Crippen LogP contribution in [0.2, 0.25) is 0 Å². The third-order valence-corrected chi connectivity index (χ3v) is 9.01. The lowest BCUT2D eigenvalue weighted by molar-refractivity contribution is 0.0980. The first kappa shape index (κ1) is 26.4. The van der Waals surface area contributed by atoms with Gasteiger partial charge in [0.05, 0.1) is 27.3 Å². The van der Waals surface area contributed by atoms with Crippen LogP contribution in [0.3, 0.4) is 0 Å². The van der Waals surface area contributed by atoms with Gasteiger partial charge in [0.15, 0.2) is 4.34 Å². The number of aliphatic hydroxyl groups is 1. The zero-order valence-electron chi connectivity index (χ0n) is 19.2. The lowest BCUT2D eigenvalue weighted by Crippen LogP contribution is -2.50. The van der Waals surface area contributed by atoms with Crippen molar-refractivity contribution in [1.82, 2.24) is 14.6 Å². The van der Waals surface area contributed by atoms with Gasteiger partial charge in [0.2, 0.25) is 10.0 Å². The van der Waals surface area contributed by atoms with Gasteiger partial charge in [0, 0.05) is 13.1 Å². The van der Waals surface area contributed by atoms with E-state index < -0.39 is 28.3 Å². The summed E-state index contributed by atoms with van der Waals surface area (Å²) in [5, 5.41) is 22.6. The molecule has 2 atom stereocenters. The molecule has 3 aromatic rings. The van der Waals surface area contributed by atoms with E-state index in [2.05, 4.69) is 10.3 Å². The van der Waals surface area contributed by atoms with E-state index in [4.69, 9.17) is 0 Å². The van der Waals surface area contributed by atoms with E-state index in [9.17, 15) is 23.4 Å². The Hall–Kier alpha value is -2.18. The van der Waals surface area contributed by atoms with Crippen LogP contribution >= 0.6 is 23.1 Å². The average molecular weight is 524 g/mol. The van der Waals surface area contributed by atoms with E-state index in [1.807, 2.05) is 50.4 Å². The number of nitrogens with one attached hydrogen (secondary N) is 1. The summed E-state index contributed by atoms with van der Waals surface area (Å²) in [5.74, 6) is -0.00258. The summed E-state index contributed by atoms with van der Waals surface area (Å²) >= 11 is 2.92. The predicted molar refractivity (Wildman–Crippen MR) is 136 cm³/mol. The maximum absolute atomic E-state index is 13.6. The first-order valence-electron chi connectivity index (χ1n) is 10.8. The number of thioether (sulfide) groups is 1. The van der Waals surface area contributed by atoms with Crippen molar-refractivity contribution in [2.45, 2.75) is 41.6 Å². The molecule has 0 aliphatic heterocycles. The summed E-state index contributed by atoms with van der Waals surface area (Å²) in [6.45, 7) is 3.72. The molecule has 0 bridgehead atoms. The van der Waals surface area contributed by atoms with E-state index in [0.29, 0.717) is 0 Å². The quantitative estimate of drug-likeness (QED) is 0.326. The Kier molecular flexibility index (Phi) is 8.94. The molecule has 11 heteroatoms. The Balaban J connectivity index is 1.89. The topological polar surface area (TPSA) is 120 Å². The minimum absolute atomic E-state index is 0.00258. The second kappa shape index (κ2) is 11.5. The van der Waals surface area contributed by atoms with Crippen LogP contribution in [-0.4, -0.2) is 65.5 Å². The number of carbonyl (C=O) groups is 1. The molecule has 1 heterocycles. The largest absolute Gasteiger partial charge is 0.465 e. The lowest BCUT2D eigenvalue weighted by atomic mass is 10.0. The van der Waals surface area contributed by atoms with Crippen molar-refractivity contribution in [3.05, 3.63) is 54.1 Å². The molecule has 3 N–H and O–H groups in total. The van der Waals surface area contributed by atoms with Gasteiger partial charge in [0.25, 0.3) is 0 Å². The third kappa shape index (κ3) is 6.70. The van der Waals surface area contributed by atoms with Gasteiger partial charge in [-0.25, -0.2) is 18.2 Å². The molecule has 2 aromatic carbocycles. The Bertz CT molecular complexity index is 1220. The van der Waals surface area contributed by atoms with Crippen molar-refractivity contribution >= 4 is 49.4 Å². The van der Waals surface area contributed by atoms with Gasteiger partial charge in [-0.05, 0) is 42.4 Å². The monoisotopic (exact) mass is 523 g/mol. The second-order valence-electron chi connectivity index (χ2n) is 8.34. The second-order valence-corrected chi connectivity index (χ2v) is 12.4. The van der Waals surface area contributed by atoms with Crippen molar-refractivity contribution in [3.8, 4) is 0 Å². The number of amides is 1. The van der Waals surface area contributed by atoms with E-state index in [-0.39, 0.29) is 30.3 Å². The number of hydrogen-bond acceptors (Lipinski definition) is 7. The van der Waals surface area contributed by atoms with E-state index in [0.717, 1.165) is 20.1 Å². The molecule has 1 amide bonds. The van der Waals surface area contributed by atoms with Gasteiger partial charge in [-0.3, -0.25) is 0 Å². The van der Waals surface area contributed by atoms with Gasteiger partial charge < -0.3 is 15.5 Å². The molecule has 34 heavy (non-hydrogen) atoms. The van der Waals surface area contributed by atoms with Gasteiger partial charge in [-0.2, -0.15) is 4.31 Å². The standard InChI is InChI=1S/C23H29N3O5S3/c1-15(2)13-26(14-20(27)19(24-22(28)29)11-16-7-5-4-6-8-16)34(30,31)17-9-10-18-21(12-17)33-23(25-18)32-3/h4-10,12,15,19-20,24,27H,11,13-14H2,1-3H3,(H,28,29). The number of benzene rings is 2. The van der Waals surface area contributed by atoms with Crippen LogP contribution in [0.15, 0.2) is 57.8 Å². The van der Waals surface area contributed by atoms with Crippen molar-refractivity contribution in [2.24, 2.45) is 5.92 Å². The third-order valence-electron chi connectivity index (χ3n) is 5.18. The highest BCUT2D eigenvalue weighted by atomic mass is 32.2. The molecule has 0 saturated heterocycles. The van der Waals surface area contributed by atoms with Crippen molar-refractivity contribution < 1.29 is 23.4 Å². The Morgan fingerprint density at radius 2 is 1.88 bits per heavy atom. The molecule has 184 valence electrons. The maximum Gasteiger partial charge on any atom is 0.404 e. The summed E-state index contributed by atoms with van der Waals surface area (Å²) in [5.41, 5.74) is 1.57. The number of nitrogens with zero attached hydrogens (tertiary/aromatic N) is 2. The van der Waals surface area contributed by atoms with E-state index in [1.165, 1.54) is 33.5 Å². The van der Waals surface area contributed by atoms with Gasteiger partial charge >= 0.3 is 6.09 Å². The highest BCUT2D eigenvalue weighted by Gasteiger charge is 2.31. The summed E-state index contributed by atoms with van der Waals surface area (Å²) < 4.78 is 30.0. The van der Waals surface area contributed by atoms with Crippen LogP contribution in [-0.2, 0) is 16.4 Å². The Morgan fingerprint density at radius 1 is 1.18 bits per heavy atom. The first-order chi connectivity index (χ1) is 16.1. The highest BCUT2D eigenvalue weighted by Crippen LogP contribution is 2.31. The molecule has 0 spiro atoms. The molecule has 0 aliphatic rings. The number of thiazole rings is 1. The number of fused-ring (bicyclic) bond motifs is 1. The molecule has 0 fully saturated rings. The van der Waals surface area contributed by atoms with Crippen molar-refractivity contribution in [2.75, 3.05) is 19.3 Å². The smallest absolute Gasteiger partial charge is 0.404 e. The lowest BCUT2D eigenvalue weighted by Gasteiger charge is -2.30. The zero-order chi connectivity index (χ0) is 24.9. The van der Waals surface area contributed by atoms with Gasteiger partial charge in [-0.1, -0.05) is 55.9 Å². The molecule has 0 saturated carbocycles. The molecule has 2 unspecified atom stereocenters. The average Bonchev–Trinajstić information content (AvgIpc) is 3.21. The van der Waals surface area contributed by atoms with Crippen LogP contribution in [0.25, 0.3) is 10.2 Å². The number of sulfonamides is 1. The minimum atomic E-state index is -3.94. The SMILES string of the molecule is CSc1nc2ccc(S(=O)(=O)N(CC(C)C)CC(O)C(Cc3ccccc3)NC(=O)O)cc2s1. The molecule has 3 rings (SSSR count).